The second-order valence-corrected chi connectivity index (χ2v) is 5.92. The van der Waals surface area contributed by atoms with Crippen LogP contribution in [0.2, 0.25) is 0 Å². The molecular formula is C15H23ClN2O. The van der Waals surface area contributed by atoms with E-state index < -0.39 is 6.04 Å². The lowest BCUT2D eigenvalue weighted by molar-refractivity contribution is -0.135. The average Bonchev–Trinajstić information content (AvgIpc) is 2.37. The maximum Gasteiger partial charge on any atom is 0.244 e. The van der Waals surface area contributed by atoms with Gasteiger partial charge in [0.1, 0.15) is 6.04 Å². The Morgan fingerprint density at radius 1 is 1.32 bits per heavy atom. The number of carbonyl (C=O) groups is 1. The predicted molar refractivity (Wildman–Crippen MR) is 80.2 cm³/mol. The van der Waals surface area contributed by atoms with Crippen LogP contribution in [0.15, 0.2) is 30.3 Å². The zero-order valence-corrected chi connectivity index (χ0v) is 12.5. The highest BCUT2D eigenvalue weighted by molar-refractivity contribution is 5.85. The topological polar surface area (TPSA) is 46.3 Å². The van der Waals surface area contributed by atoms with Crippen LogP contribution < -0.4 is 5.73 Å². The van der Waals surface area contributed by atoms with Gasteiger partial charge >= 0.3 is 0 Å². The first-order valence-electron chi connectivity index (χ1n) is 6.59. The molecule has 106 valence electrons. The van der Waals surface area contributed by atoms with Crippen LogP contribution in [0.1, 0.15) is 38.3 Å². The van der Waals surface area contributed by atoms with Gasteiger partial charge in [-0.1, -0.05) is 44.2 Å². The molecule has 1 aromatic rings. The second kappa shape index (κ2) is 6.40. The molecule has 2 N–H and O–H groups in total. The van der Waals surface area contributed by atoms with E-state index in [-0.39, 0.29) is 23.7 Å². The molecule has 3 nitrogen and oxygen atoms in total. The number of rotatable bonds is 2. The van der Waals surface area contributed by atoms with Crippen LogP contribution in [-0.2, 0) is 4.79 Å². The quantitative estimate of drug-likeness (QED) is 0.907. The SMILES string of the molecule is CC1(C)CCCN(C(=O)C(N)c2ccccc2)C1.Cl. The van der Waals surface area contributed by atoms with E-state index in [1.54, 1.807) is 0 Å². The maximum atomic E-state index is 12.4. The monoisotopic (exact) mass is 282 g/mol. The predicted octanol–water partition coefficient (Wildman–Crippen LogP) is 2.76. The van der Waals surface area contributed by atoms with Crippen LogP contribution in [0.4, 0.5) is 0 Å². The average molecular weight is 283 g/mol. The molecule has 1 fully saturated rings. The van der Waals surface area contributed by atoms with Gasteiger partial charge in [0.15, 0.2) is 0 Å². The van der Waals surface area contributed by atoms with Gasteiger partial charge in [0.25, 0.3) is 0 Å². The summed E-state index contributed by atoms with van der Waals surface area (Å²) in [6.07, 6.45) is 2.25. The Hall–Kier alpha value is -1.06. The van der Waals surface area contributed by atoms with E-state index >= 15 is 0 Å². The number of hydrogen-bond acceptors (Lipinski definition) is 2. The largest absolute Gasteiger partial charge is 0.341 e. The molecule has 0 saturated carbocycles. The number of piperidine rings is 1. The minimum Gasteiger partial charge on any atom is -0.341 e. The molecule has 1 unspecified atom stereocenters. The third-order valence-corrected chi connectivity index (χ3v) is 3.64. The Morgan fingerprint density at radius 3 is 2.53 bits per heavy atom. The second-order valence-electron chi connectivity index (χ2n) is 5.92. The first-order chi connectivity index (χ1) is 8.49. The molecule has 1 saturated heterocycles. The van der Waals surface area contributed by atoms with E-state index in [2.05, 4.69) is 13.8 Å². The summed E-state index contributed by atoms with van der Waals surface area (Å²) in [5.74, 6) is 0.0500. The van der Waals surface area contributed by atoms with Crippen molar-refractivity contribution in [1.29, 1.82) is 0 Å². The van der Waals surface area contributed by atoms with E-state index in [4.69, 9.17) is 5.73 Å². The summed E-state index contributed by atoms with van der Waals surface area (Å²) in [7, 11) is 0. The molecule has 0 bridgehead atoms. The molecule has 1 atom stereocenters. The molecule has 1 aliphatic heterocycles. The van der Waals surface area contributed by atoms with Crippen LogP contribution >= 0.6 is 12.4 Å². The Bertz CT molecular complexity index is 419. The summed E-state index contributed by atoms with van der Waals surface area (Å²) >= 11 is 0. The van der Waals surface area contributed by atoms with Gasteiger partial charge in [0, 0.05) is 13.1 Å². The van der Waals surface area contributed by atoms with E-state index in [0.29, 0.717) is 0 Å². The van der Waals surface area contributed by atoms with Gasteiger partial charge in [-0.25, -0.2) is 0 Å². The molecule has 0 aromatic heterocycles. The van der Waals surface area contributed by atoms with E-state index in [1.807, 2.05) is 35.2 Å². The highest BCUT2D eigenvalue weighted by Gasteiger charge is 2.31. The number of halogens is 1. The number of nitrogens with zero attached hydrogens (tertiary/aromatic N) is 1. The highest BCUT2D eigenvalue weighted by atomic mass is 35.5. The summed E-state index contributed by atoms with van der Waals surface area (Å²) in [6.45, 7) is 6.07. The Balaban J connectivity index is 0.00000180. The van der Waals surface area contributed by atoms with E-state index in [0.717, 1.165) is 25.1 Å². The fraction of sp³-hybridized carbons (Fsp3) is 0.533. The van der Waals surface area contributed by atoms with Crippen molar-refractivity contribution in [3.63, 3.8) is 0 Å². The fourth-order valence-electron chi connectivity index (χ4n) is 2.61. The zero-order valence-electron chi connectivity index (χ0n) is 11.6. The van der Waals surface area contributed by atoms with Gasteiger partial charge in [-0.3, -0.25) is 4.79 Å². The van der Waals surface area contributed by atoms with E-state index in [1.165, 1.54) is 6.42 Å². The molecule has 1 heterocycles. The van der Waals surface area contributed by atoms with Gasteiger partial charge in [0.2, 0.25) is 5.91 Å². The molecule has 2 rings (SSSR count). The molecule has 0 radical (unpaired) electrons. The molecule has 1 aliphatic rings. The van der Waals surface area contributed by atoms with Crippen LogP contribution in [0, 0.1) is 5.41 Å². The van der Waals surface area contributed by atoms with Crippen LogP contribution in [0.3, 0.4) is 0 Å². The van der Waals surface area contributed by atoms with Gasteiger partial charge in [-0.05, 0) is 23.8 Å². The number of nitrogens with two attached hydrogens (primary N) is 1. The van der Waals surface area contributed by atoms with Crippen LogP contribution in [0.5, 0.6) is 0 Å². The van der Waals surface area contributed by atoms with Crippen molar-refractivity contribution < 1.29 is 4.79 Å². The number of carbonyl (C=O) groups excluding carboxylic acids is 1. The standard InChI is InChI=1S/C15H22N2O.ClH/c1-15(2)9-6-10-17(11-15)14(18)13(16)12-7-4-3-5-8-12;/h3-5,7-8,13H,6,9-11,16H2,1-2H3;1H. The van der Waals surface area contributed by atoms with Crippen molar-refractivity contribution in [1.82, 2.24) is 4.90 Å². The molecule has 1 aromatic carbocycles. The van der Waals surface area contributed by atoms with Crippen molar-refractivity contribution in [2.24, 2.45) is 11.1 Å². The third kappa shape index (κ3) is 3.95. The lowest BCUT2D eigenvalue weighted by atomic mass is 9.84. The van der Waals surface area contributed by atoms with Crippen LogP contribution in [0.25, 0.3) is 0 Å². The molecule has 0 aliphatic carbocycles. The van der Waals surface area contributed by atoms with Gasteiger partial charge in [-0.15, -0.1) is 12.4 Å². The summed E-state index contributed by atoms with van der Waals surface area (Å²) < 4.78 is 0. The fourth-order valence-corrected chi connectivity index (χ4v) is 2.61. The molecule has 0 spiro atoms. The van der Waals surface area contributed by atoms with Crippen molar-refractivity contribution in [3.05, 3.63) is 35.9 Å². The van der Waals surface area contributed by atoms with Gasteiger partial charge in [0.05, 0.1) is 0 Å². The Morgan fingerprint density at radius 2 is 1.95 bits per heavy atom. The number of likely N-dealkylation sites (tertiary alicyclic amines) is 1. The van der Waals surface area contributed by atoms with Gasteiger partial charge in [-0.2, -0.15) is 0 Å². The highest BCUT2D eigenvalue weighted by Crippen LogP contribution is 2.29. The molecule has 19 heavy (non-hydrogen) atoms. The minimum absolute atomic E-state index is 0. The number of hydrogen-bond donors (Lipinski definition) is 1. The zero-order chi connectivity index (χ0) is 13.2. The first-order valence-corrected chi connectivity index (χ1v) is 6.59. The number of benzene rings is 1. The van der Waals surface area contributed by atoms with E-state index in [9.17, 15) is 4.79 Å². The maximum absolute atomic E-state index is 12.4. The number of amides is 1. The molecule has 4 heteroatoms. The minimum atomic E-state index is -0.528. The molecule has 1 amide bonds. The van der Waals surface area contributed by atoms with Crippen LogP contribution in [-0.4, -0.2) is 23.9 Å². The summed E-state index contributed by atoms with van der Waals surface area (Å²) in [5, 5.41) is 0. The van der Waals surface area contributed by atoms with Crippen molar-refractivity contribution >= 4 is 18.3 Å². The van der Waals surface area contributed by atoms with Crippen molar-refractivity contribution in [3.8, 4) is 0 Å². The summed E-state index contributed by atoms with van der Waals surface area (Å²) in [5.41, 5.74) is 7.17. The van der Waals surface area contributed by atoms with Crippen molar-refractivity contribution in [2.45, 2.75) is 32.7 Å². The first kappa shape index (κ1) is 16.0. The molecular weight excluding hydrogens is 260 g/mol. The van der Waals surface area contributed by atoms with Crippen molar-refractivity contribution in [2.75, 3.05) is 13.1 Å². The summed E-state index contributed by atoms with van der Waals surface area (Å²) in [4.78, 5) is 14.3. The Kier molecular flexibility index (Phi) is 5.39. The smallest absolute Gasteiger partial charge is 0.244 e. The normalized spacial score (nSPS) is 19.4. The summed E-state index contributed by atoms with van der Waals surface area (Å²) in [6, 6.07) is 9.07. The lowest BCUT2D eigenvalue weighted by Gasteiger charge is -2.39. The third-order valence-electron chi connectivity index (χ3n) is 3.64. The lowest BCUT2D eigenvalue weighted by Crippen LogP contribution is -2.47. The Labute approximate surface area is 121 Å². The van der Waals surface area contributed by atoms with Gasteiger partial charge < -0.3 is 10.6 Å².